The maximum Gasteiger partial charge on any atom is 0.306 e. The number of piperidine rings is 2. The molecule has 0 N–H and O–H groups in total. The first-order chi connectivity index (χ1) is 20.1. The fraction of sp³-hybridized carbons (Fsp3) is 0.944. The number of quaternary nitrogens is 1. The molecule has 6 nitrogen and oxygen atoms in total. The number of esters is 2. The lowest BCUT2D eigenvalue weighted by Gasteiger charge is -2.62. The van der Waals surface area contributed by atoms with Crippen LogP contribution in [0.15, 0.2) is 0 Å². The fourth-order valence-corrected chi connectivity index (χ4v) is 11.8. The summed E-state index contributed by atoms with van der Waals surface area (Å²) in [4.78, 5) is 28.2. The molecule has 0 unspecified atom stereocenters. The third-order valence-electron chi connectivity index (χ3n) is 14.2. The molecule has 6 fully saturated rings. The third kappa shape index (κ3) is 5.26. The predicted octanol–water partition coefficient (Wildman–Crippen LogP) is 6.75. The summed E-state index contributed by atoms with van der Waals surface area (Å²) in [6.45, 7) is 13.8. The highest BCUT2D eigenvalue weighted by molar-refractivity contribution is 5.69. The van der Waals surface area contributed by atoms with Gasteiger partial charge in [0.15, 0.2) is 6.10 Å². The maximum atomic E-state index is 12.9. The second-order valence-corrected chi connectivity index (χ2v) is 16.2. The van der Waals surface area contributed by atoms with Crippen molar-refractivity contribution in [2.45, 2.75) is 148 Å². The molecule has 4 aliphatic carbocycles. The Morgan fingerprint density at radius 2 is 1.48 bits per heavy atom. The molecule has 42 heavy (non-hydrogen) atoms. The Balaban J connectivity index is 1.29. The van der Waals surface area contributed by atoms with E-state index in [-0.39, 0.29) is 29.6 Å². The highest BCUT2D eigenvalue weighted by Crippen LogP contribution is 2.67. The molecular formula is C36H61N2O4+. The molecule has 238 valence electrons. The lowest BCUT2D eigenvalue weighted by atomic mass is 9.44. The summed E-state index contributed by atoms with van der Waals surface area (Å²) < 4.78 is 13.9. The molecule has 0 aromatic rings. The third-order valence-corrected chi connectivity index (χ3v) is 14.2. The smallest absolute Gasteiger partial charge is 0.306 e. The van der Waals surface area contributed by atoms with Crippen molar-refractivity contribution in [3.8, 4) is 0 Å². The van der Waals surface area contributed by atoms with Gasteiger partial charge in [-0.15, -0.1) is 0 Å². The van der Waals surface area contributed by atoms with Gasteiger partial charge in [-0.3, -0.25) is 14.5 Å². The molecule has 0 aromatic carbocycles. The van der Waals surface area contributed by atoms with Crippen LogP contribution < -0.4 is 0 Å². The Morgan fingerprint density at radius 3 is 2.17 bits per heavy atom. The van der Waals surface area contributed by atoms with Crippen LogP contribution in [0.5, 0.6) is 0 Å². The van der Waals surface area contributed by atoms with Crippen molar-refractivity contribution in [2.24, 2.45) is 34.5 Å². The summed E-state index contributed by atoms with van der Waals surface area (Å²) in [5, 5.41) is 0. The first-order valence-corrected chi connectivity index (χ1v) is 18.1. The molecule has 6 aliphatic rings. The number of rotatable bonds is 6. The van der Waals surface area contributed by atoms with Crippen molar-refractivity contribution in [2.75, 3.05) is 33.2 Å². The van der Waals surface area contributed by atoms with Crippen LogP contribution in [0.2, 0.25) is 0 Å². The zero-order valence-corrected chi connectivity index (χ0v) is 27.6. The molecule has 2 aliphatic heterocycles. The van der Waals surface area contributed by atoms with E-state index in [2.05, 4.69) is 25.8 Å². The van der Waals surface area contributed by atoms with Gasteiger partial charge in [0.25, 0.3) is 0 Å². The fourth-order valence-electron chi connectivity index (χ4n) is 11.8. The number of likely N-dealkylation sites (tertiary alicyclic amines) is 2. The number of nitrogens with zero attached hydrogens (tertiary/aromatic N) is 2. The van der Waals surface area contributed by atoms with Gasteiger partial charge >= 0.3 is 11.9 Å². The van der Waals surface area contributed by atoms with Gasteiger partial charge in [0, 0.05) is 30.7 Å². The van der Waals surface area contributed by atoms with E-state index in [0.29, 0.717) is 48.1 Å². The Labute approximate surface area is 256 Å². The Hall–Kier alpha value is -1.14. The van der Waals surface area contributed by atoms with E-state index in [4.69, 9.17) is 9.47 Å². The molecule has 0 spiro atoms. The quantitative estimate of drug-likeness (QED) is 0.255. The van der Waals surface area contributed by atoms with Crippen LogP contribution >= 0.6 is 0 Å². The number of carbonyl (C=O) groups is 2. The number of likely N-dealkylation sites (N-methyl/N-ethyl adjacent to an activating group) is 1. The van der Waals surface area contributed by atoms with E-state index in [1.165, 1.54) is 90.1 Å². The Kier molecular flexibility index (Phi) is 8.81. The predicted molar refractivity (Wildman–Crippen MR) is 166 cm³/mol. The lowest BCUT2D eigenvalue weighted by Crippen LogP contribution is -2.61. The number of ether oxygens (including phenoxy) is 2. The topological polar surface area (TPSA) is 55.8 Å². The van der Waals surface area contributed by atoms with Gasteiger partial charge in [-0.2, -0.15) is 0 Å². The molecule has 0 bridgehead atoms. The molecule has 6 heteroatoms. The molecule has 2 heterocycles. The molecule has 0 aromatic heterocycles. The second-order valence-electron chi connectivity index (χ2n) is 16.2. The standard InChI is InChI=1S/C36H61N2O4/c1-6-32(39)41-31-22-25-14-15-26-27(36(25,4)24-29(31)37-18-10-8-11-19-37)16-17-35(3)28(26)23-30(34(35)42-33(40)7-2)38(5)20-12-9-13-21-38/h25-31,34H,6-24H2,1-5H3/q+1/t25-,26+,27-,28-,29-,30-,31-,34+,35-,36-/m0/s1. The summed E-state index contributed by atoms with van der Waals surface area (Å²) in [6, 6.07) is 0.798. The monoisotopic (exact) mass is 585 g/mol. The highest BCUT2D eigenvalue weighted by Gasteiger charge is 2.67. The summed E-state index contributed by atoms with van der Waals surface area (Å²) in [5.74, 6) is 2.68. The summed E-state index contributed by atoms with van der Waals surface area (Å²) in [5.41, 5.74) is 0.372. The molecule has 6 rings (SSSR count). The van der Waals surface area contributed by atoms with Crippen molar-refractivity contribution >= 4 is 11.9 Å². The molecule has 0 amide bonds. The van der Waals surface area contributed by atoms with E-state index in [9.17, 15) is 9.59 Å². The molecule has 2 saturated heterocycles. The van der Waals surface area contributed by atoms with Crippen LogP contribution in [0.4, 0.5) is 0 Å². The highest BCUT2D eigenvalue weighted by atomic mass is 16.5. The summed E-state index contributed by atoms with van der Waals surface area (Å²) in [7, 11) is 2.48. The molecule has 4 saturated carbocycles. The van der Waals surface area contributed by atoms with Crippen molar-refractivity contribution in [3.63, 3.8) is 0 Å². The maximum absolute atomic E-state index is 12.9. The lowest BCUT2D eigenvalue weighted by molar-refractivity contribution is -0.940. The van der Waals surface area contributed by atoms with E-state index < -0.39 is 0 Å². The van der Waals surface area contributed by atoms with Crippen molar-refractivity contribution < 1.29 is 23.5 Å². The van der Waals surface area contributed by atoms with Gasteiger partial charge in [0.1, 0.15) is 12.1 Å². The number of fused-ring (bicyclic) bond motifs is 5. The largest absolute Gasteiger partial charge is 0.461 e. The van der Waals surface area contributed by atoms with Gasteiger partial charge < -0.3 is 14.0 Å². The zero-order valence-electron chi connectivity index (χ0n) is 27.6. The van der Waals surface area contributed by atoms with Crippen LogP contribution in [0.25, 0.3) is 0 Å². The van der Waals surface area contributed by atoms with Crippen molar-refractivity contribution in [3.05, 3.63) is 0 Å². The van der Waals surface area contributed by atoms with Gasteiger partial charge in [-0.1, -0.05) is 34.1 Å². The van der Waals surface area contributed by atoms with Crippen molar-refractivity contribution in [1.82, 2.24) is 4.90 Å². The molecule has 0 radical (unpaired) electrons. The number of hydrogen-bond donors (Lipinski definition) is 0. The zero-order chi connectivity index (χ0) is 29.7. The van der Waals surface area contributed by atoms with E-state index >= 15 is 0 Å². The second kappa shape index (κ2) is 12.0. The Morgan fingerprint density at radius 1 is 0.810 bits per heavy atom. The Bertz CT molecular complexity index is 989. The van der Waals surface area contributed by atoms with Crippen molar-refractivity contribution in [1.29, 1.82) is 0 Å². The van der Waals surface area contributed by atoms with Gasteiger partial charge in [-0.05, 0) is 113 Å². The minimum atomic E-state index is -0.0215. The first-order valence-electron chi connectivity index (χ1n) is 18.1. The summed E-state index contributed by atoms with van der Waals surface area (Å²) in [6.07, 6.45) is 17.3. The molecule has 10 atom stereocenters. The average Bonchev–Trinajstić information content (AvgIpc) is 3.30. The summed E-state index contributed by atoms with van der Waals surface area (Å²) >= 11 is 0. The first kappa shape index (κ1) is 30.9. The minimum absolute atomic E-state index is 0.00222. The van der Waals surface area contributed by atoms with Gasteiger partial charge in [0.2, 0.25) is 0 Å². The van der Waals surface area contributed by atoms with Gasteiger partial charge in [-0.25, -0.2) is 0 Å². The molecular weight excluding hydrogens is 524 g/mol. The van der Waals surface area contributed by atoms with Crippen LogP contribution in [0.3, 0.4) is 0 Å². The van der Waals surface area contributed by atoms with E-state index in [1.54, 1.807) is 0 Å². The average molecular weight is 586 g/mol. The minimum Gasteiger partial charge on any atom is -0.461 e. The van der Waals surface area contributed by atoms with Crippen LogP contribution in [-0.2, 0) is 19.1 Å². The SMILES string of the molecule is CCC(=O)O[C@H]1C[C@@H]2CC[C@@H]3[C@H](CC[C@]4(C)[C@H](OC(=O)CC)[C@@H]([N+]5(C)CCCCC5)C[C@@H]34)[C@@]2(C)C[C@@H]1N1CCCCC1. The number of carbonyl (C=O) groups excluding carboxylic acids is 2. The number of hydrogen-bond acceptors (Lipinski definition) is 5. The van der Waals surface area contributed by atoms with E-state index in [1.807, 2.05) is 13.8 Å². The van der Waals surface area contributed by atoms with Crippen LogP contribution in [-0.4, -0.2) is 78.8 Å². The van der Waals surface area contributed by atoms with E-state index in [0.717, 1.165) is 29.9 Å². The van der Waals surface area contributed by atoms with Crippen LogP contribution in [0, 0.1) is 34.5 Å². The van der Waals surface area contributed by atoms with Gasteiger partial charge in [0.05, 0.1) is 20.1 Å². The van der Waals surface area contributed by atoms with Crippen LogP contribution in [0.1, 0.15) is 124 Å². The normalized spacial score (nSPS) is 45.3.